The van der Waals surface area contributed by atoms with E-state index in [1.165, 1.54) is 25.7 Å². The number of benzene rings is 1. The first-order valence-electron chi connectivity index (χ1n) is 12.6. The molecule has 0 bridgehead atoms. The predicted molar refractivity (Wildman–Crippen MR) is 132 cm³/mol. The first-order valence-corrected chi connectivity index (χ1v) is 12.6. The Morgan fingerprint density at radius 2 is 1.76 bits per heavy atom. The number of carbonyl (C=O) groups is 2. The van der Waals surface area contributed by atoms with Crippen LogP contribution >= 0.6 is 0 Å². The topological polar surface area (TPSA) is 91.6 Å². The van der Waals surface area contributed by atoms with Crippen molar-refractivity contribution in [1.29, 1.82) is 0 Å². The van der Waals surface area contributed by atoms with Crippen molar-refractivity contribution in [2.75, 3.05) is 44.7 Å². The van der Waals surface area contributed by atoms with Gasteiger partial charge < -0.3 is 15.1 Å². The molecule has 1 unspecified atom stereocenters. The van der Waals surface area contributed by atoms with E-state index >= 15 is 0 Å². The Balaban J connectivity index is 1.33. The van der Waals surface area contributed by atoms with Crippen molar-refractivity contribution in [3.05, 3.63) is 28.7 Å². The third-order valence-electron chi connectivity index (χ3n) is 8.02. The summed E-state index contributed by atoms with van der Waals surface area (Å²) in [6, 6.07) is 5.98. The monoisotopic (exact) mass is 468 g/mol. The van der Waals surface area contributed by atoms with E-state index in [0.29, 0.717) is 12.3 Å². The highest BCUT2D eigenvalue weighted by atomic mass is 16.2. The largest absolute Gasteiger partial charge is 0.373 e. The lowest BCUT2D eigenvalue weighted by molar-refractivity contribution is -0.135. The molecule has 3 aliphatic rings. The minimum absolute atomic E-state index is 0.222. The van der Waals surface area contributed by atoms with Crippen LogP contribution in [-0.2, 0) is 16.6 Å². The average Bonchev–Trinajstić information content (AvgIpc) is 3.10. The van der Waals surface area contributed by atoms with Crippen LogP contribution < -0.4 is 21.2 Å². The van der Waals surface area contributed by atoms with E-state index in [4.69, 9.17) is 0 Å². The van der Waals surface area contributed by atoms with Gasteiger partial charge in [-0.2, -0.15) is 0 Å². The van der Waals surface area contributed by atoms with Crippen LogP contribution in [0.1, 0.15) is 44.6 Å². The molecule has 2 N–H and O–H groups in total. The number of piperidine rings is 3. The summed E-state index contributed by atoms with van der Waals surface area (Å²) in [5.74, 6) is -0.0567. The molecule has 184 valence electrons. The zero-order valence-corrected chi connectivity index (χ0v) is 20.3. The summed E-state index contributed by atoms with van der Waals surface area (Å²) in [5, 5.41) is 5.84. The van der Waals surface area contributed by atoms with E-state index in [2.05, 4.69) is 33.5 Å². The molecular weight excluding hydrogens is 432 g/mol. The molecule has 0 aliphatic carbocycles. The summed E-state index contributed by atoms with van der Waals surface area (Å²) in [6.07, 6.45) is 5.49. The van der Waals surface area contributed by atoms with Gasteiger partial charge in [0.1, 0.15) is 6.04 Å². The maximum absolute atomic E-state index is 13.2. The maximum Gasteiger partial charge on any atom is 0.329 e. The molecule has 3 saturated heterocycles. The number of imide groups is 1. The van der Waals surface area contributed by atoms with Crippen LogP contribution in [0.5, 0.6) is 0 Å². The Bertz CT molecular complexity index is 1120. The van der Waals surface area contributed by atoms with Crippen LogP contribution in [-0.4, -0.2) is 71.7 Å². The molecule has 3 fully saturated rings. The van der Waals surface area contributed by atoms with Gasteiger partial charge in [0.2, 0.25) is 11.8 Å². The molecule has 1 atom stereocenters. The molecule has 9 heteroatoms. The number of anilines is 1. The summed E-state index contributed by atoms with van der Waals surface area (Å²) in [7, 11) is 3.86. The fraction of sp³-hybridized carbons (Fsp3) is 0.640. The summed E-state index contributed by atoms with van der Waals surface area (Å²) >= 11 is 0. The Labute approximate surface area is 200 Å². The van der Waals surface area contributed by atoms with Gasteiger partial charge in [0.25, 0.3) is 0 Å². The molecule has 5 rings (SSSR count). The second-order valence-corrected chi connectivity index (χ2v) is 10.2. The number of imidazole rings is 1. The summed E-state index contributed by atoms with van der Waals surface area (Å²) < 4.78 is 3.20. The van der Waals surface area contributed by atoms with E-state index in [1.54, 1.807) is 16.2 Å². The van der Waals surface area contributed by atoms with Gasteiger partial charge in [-0.15, -0.1) is 0 Å². The maximum atomic E-state index is 13.2. The van der Waals surface area contributed by atoms with Crippen LogP contribution in [0, 0.1) is 5.92 Å². The van der Waals surface area contributed by atoms with Gasteiger partial charge in [0.15, 0.2) is 0 Å². The molecule has 2 aromatic rings. The van der Waals surface area contributed by atoms with E-state index in [1.807, 2.05) is 12.1 Å². The zero-order chi connectivity index (χ0) is 23.8. The van der Waals surface area contributed by atoms with Crippen molar-refractivity contribution in [2.45, 2.75) is 50.6 Å². The molecule has 3 aliphatic heterocycles. The molecule has 0 radical (unpaired) electrons. The second-order valence-electron chi connectivity index (χ2n) is 10.2. The van der Waals surface area contributed by atoms with Crippen molar-refractivity contribution in [1.82, 2.24) is 24.7 Å². The van der Waals surface area contributed by atoms with Crippen molar-refractivity contribution in [2.24, 2.45) is 13.0 Å². The van der Waals surface area contributed by atoms with E-state index in [0.717, 1.165) is 55.5 Å². The summed E-state index contributed by atoms with van der Waals surface area (Å²) in [4.78, 5) is 42.3. The van der Waals surface area contributed by atoms with Crippen molar-refractivity contribution >= 4 is 28.5 Å². The van der Waals surface area contributed by atoms with E-state index in [-0.39, 0.29) is 18.0 Å². The molecule has 1 aromatic carbocycles. The minimum Gasteiger partial charge on any atom is -0.373 e. The van der Waals surface area contributed by atoms with Gasteiger partial charge in [0.05, 0.1) is 16.7 Å². The molecule has 9 nitrogen and oxygen atoms in total. The summed E-state index contributed by atoms with van der Waals surface area (Å²) in [5.41, 5.74) is 2.36. The second kappa shape index (κ2) is 9.54. The lowest BCUT2D eigenvalue weighted by atomic mass is 9.93. The molecule has 1 aromatic heterocycles. The molecule has 0 spiro atoms. The van der Waals surface area contributed by atoms with E-state index in [9.17, 15) is 14.4 Å². The van der Waals surface area contributed by atoms with Crippen molar-refractivity contribution < 1.29 is 9.59 Å². The highest BCUT2D eigenvalue weighted by Crippen LogP contribution is 2.31. The fourth-order valence-electron chi connectivity index (χ4n) is 6.11. The first kappa shape index (κ1) is 23.1. The van der Waals surface area contributed by atoms with Gasteiger partial charge in [0, 0.05) is 33.1 Å². The number of aryl methyl sites for hydroxylation is 1. The number of nitrogens with one attached hydrogen (secondary N) is 2. The van der Waals surface area contributed by atoms with Gasteiger partial charge in [-0.05, 0) is 76.3 Å². The number of para-hydroxylation sites is 1. The number of amides is 2. The molecule has 2 amide bonds. The molecular formula is C25H36N6O3. The van der Waals surface area contributed by atoms with Crippen LogP contribution in [0.4, 0.5) is 5.69 Å². The Morgan fingerprint density at radius 3 is 2.47 bits per heavy atom. The smallest absolute Gasteiger partial charge is 0.329 e. The number of nitrogens with zero attached hydrogens (tertiary/aromatic N) is 4. The normalized spacial score (nSPS) is 23.4. The molecule has 0 saturated carbocycles. The van der Waals surface area contributed by atoms with Crippen LogP contribution in [0.25, 0.3) is 11.0 Å². The van der Waals surface area contributed by atoms with Crippen molar-refractivity contribution in [3.63, 3.8) is 0 Å². The molecule has 34 heavy (non-hydrogen) atoms. The van der Waals surface area contributed by atoms with E-state index < -0.39 is 11.9 Å². The summed E-state index contributed by atoms with van der Waals surface area (Å²) in [6.45, 7) is 5.54. The number of rotatable bonds is 5. The Kier molecular flexibility index (Phi) is 6.48. The van der Waals surface area contributed by atoms with Gasteiger partial charge in [-0.1, -0.05) is 6.07 Å². The number of aromatic nitrogens is 2. The number of likely N-dealkylation sites (tertiary alicyclic amines) is 1. The quantitative estimate of drug-likeness (QED) is 0.642. The first-order chi connectivity index (χ1) is 16.4. The number of hydrogen-bond donors (Lipinski definition) is 2. The highest BCUT2D eigenvalue weighted by molar-refractivity contribution is 6.00. The lowest BCUT2D eigenvalue weighted by Crippen LogP contribution is -2.47. The van der Waals surface area contributed by atoms with Crippen molar-refractivity contribution in [3.8, 4) is 0 Å². The van der Waals surface area contributed by atoms with Crippen LogP contribution in [0.3, 0.4) is 0 Å². The number of hydrogen-bond acceptors (Lipinski definition) is 6. The van der Waals surface area contributed by atoms with Gasteiger partial charge >= 0.3 is 5.69 Å². The highest BCUT2D eigenvalue weighted by Gasteiger charge is 2.32. The van der Waals surface area contributed by atoms with Crippen LogP contribution in [0.2, 0.25) is 0 Å². The third-order valence-corrected chi connectivity index (χ3v) is 8.02. The number of fused-ring (bicyclic) bond motifs is 1. The SMILES string of the molecule is CN(CC1CCN(C2CCNCC2)CC1)c1cccc2c1n(C)c(=O)n2C1CCC(=O)NC1=O. The Hall–Kier alpha value is -2.65. The average molecular weight is 469 g/mol. The minimum atomic E-state index is -0.659. The fourth-order valence-corrected chi connectivity index (χ4v) is 6.11. The van der Waals surface area contributed by atoms with Gasteiger partial charge in [-0.3, -0.25) is 24.0 Å². The predicted octanol–water partition coefficient (Wildman–Crippen LogP) is 1.22. The zero-order valence-electron chi connectivity index (χ0n) is 20.3. The molecule has 4 heterocycles. The standard InChI is InChI=1S/C25H36N6O3/c1-28(16-17-10-14-30(15-11-17)18-8-12-26-13-9-18)19-4-3-5-20-23(19)29(2)25(34)31(20)21-6-7-22(32)27-24(21)33/h3-5,17-18,21,26H,6-16H2,1-2H3,(H,27,32,33). The Morgan fingerprint density at radius 1 is 1.03 bits per heavy atom. The van der Waals surface area contributed by atoms with Crippen LogP contribution in [0.15, 0.2) is 23.0 Å². The van der Waals surface area contributed by atoms with Gasteiger partial charge in [-0.25, -0.2) is 4.79 Å². The third kappa shape index (κ3) is 4.27. The lowest BCUT2D eigenvalue weighted by Gasteiger charge is -2.40. The number of carbonyl (C=O) groups excluding carboxylic acids is 2.